The summed E-state index contributed by atoms with van der Waals surface area (Å²) >= 11 is 0. The smallest absolute Gasteiger partial charge is 0.246 e. The van der Waals surface area contributed by atoms with E-state index in [2.05, 4.69) is 17.4 Å². The molecule has 186 valence electrons. The Kier molecular flexibility index (Phi) is 7.12. The molecule has 0 saturated carbocycles. The molecular weight excluding hydrogens is 464 g/mol. The van der Waals surface area contributed by atoms with Crippen molar-refractivity contribution in [2.75, 3.05) is 6.26 Å². The summed E-state index contributed by atoms with van der Waals surface area (Å²) in [6.45, 7) is 4.07. The van der Waals surface area contributed by atoms with Crippen molar-refractivity contribution in [3.8, 4) is 0 Å². The molecule has 2 amide bonds. The van der Waals surface area contributed by atoms with Crippen LogP contribution in [0.3, 0.4) is 0 Å². The summed E-state index contributed by atoms with van der Waals surface area (Å²) < 4.78 is 23.9. The second kappa shape index (κ2) is 9.93. The molecule has 2 atom stereocenters. The summed E-state index contributed by atoms with van der Waals surface area (Å²) in [6.07, 6.45) is 4.59. The molecule has 0 bridgehead atoms. The number of hydrogen-bond donors (Lipinski definition) is 1. The van der Waals surface area contributed by atoms with E-state index >= 15 is 0 Å². The van der Waals surface area contributed by atoms with Gasteiger partial charge in [-0.25, -0.2) is 8.42 Å². The van der Waals surface area contributed by atoms with Crippen LogP contribution in [0.15, 0.2) is 47.4 Å². The zero-order valence-electron chi connectivity index (χ0n) is 20.4. The number of amides is 2. The summed E-state index contributed by atoms with van der Waals surface area (Å²) in [4.78, 5) is 40.8. The summed E-state index contributed by atoms with van der Waals surface area (Å²) in [7, 11) is -3.49. The van der Waals surface area contributed by atoms with Crippen molar-refractivity contribution in [3.63, 3.8) is 0 Å². The SMILES string of the molecule is CCC(CC)[C@@H]1C(=O)NC(C2Cc3ccccc3C2)C(=O)N1Cc1ccc(S(C)(=O)=O)cc1C=O. The molecule has 7 nitrogen and oxygen atoms in total. The quantitative estimate of drug-likeness (QED) is 0.567. The lowest BCUT2D eigenvalue weighted by Crippen LogP contribution is -2.66. The molecule has 1 unspecified atom stereocenters. The maximum Gasteiger partial charge on any atom is 0.246 e. The standard InChI is InChI=1S/C27H32N2O5S/c1-4-17(5-2)25-26(31)28-24(21-12-18-8-6-7-9-19(18)13-21)27(32)29(25)15-20-10-11-23(35(3,33)34)14-22(20)16-30/h6-11,14,16-17,21,24-25H,4-5,12-13,15H2,1-3H3,(H,28,31)/t24?,25-/m1/s1. The van der Waals surface area contributed by atoms with Gasteiger partial charge in [-0.3, -0.25) is 14.4 Å². The van der Waals surface area contributed by atoms with Crippen LogP contribution in [0.5, 0.6) is 0 Å². The summed E-state index contributed by atoms with van der Waals surface area (Å²) in [5, 5.41) is 3.04. The summed E-state index contributed by atoms with van der Waals surface area (Å²) in [5.74, 6) is -0.384. The normalized spacial score (nSPS) is 20.7. The molecule has 2 aromatic carbocycles. The van der Waals surface area contributed by atoms with Crippen molar-refractivity contribution in [2.24, 2.45) is 11.8 Å². The Balaban J connectivity index is 1.69. The lowest BCUT2D eigenvalue weighted by molar-refractivity contribution is -0.154. The van der Waals surface area contributed by atoms with Gasteiger partial charge in [0.1, 0.15) is 18.4 Å². The fourth-order valence-corrected chi connectivity index (χ4v) is 6.18. The van der Waals surface area contributed by atoms with Crippen LogP contribution in [0.1, 0.15) is 53.7 Å². The number of hydrogen-bond acceptors (Lipinski definition) is 5. The van der Waals surface area contributed by atoms with Gasteiger partial charge in [0, 0.05) is 18.4 Å². The molecule has 1 saturated heterocycles. The van der Waals surface area contributed by atoms with Gasteiger partial charge in [0.05, 0.1) is 4.90 Å². The lowest BCUT2D eigenvalue weighted by atomic mass is 9.86. The zero-order chi connectivity index (χ0) is 25.3. The van der Waals surface area contributed by atoms with Gasteiger partial charge >= 0.3 is 0 Å². The molecule has 1 heterocycles. The van der Waals surface area contributed by atoms with Crippen LogP contribution in [0.25, 0.3) is 0 Å². The number of piperazine rings is 1. The number of carbonyl (C=O) groups excluding carboxylic acids is 3. The van der Waals surface area contributed by atoms with E-state index in [4.69, 9.17) is 0 Å². The van der Waals surface area contributed by atoms with E-state index in [0.29, 0.717) is 11.8 Å². The highest BCUT2D eigenvalue weighted by Crippen LogP contribution is 2.33. The third kappa shape index (κ3) is 4.89. The van der Waals surface area contributed by atoms with Crippen LogP contribution < -0.4 is 5.32 Å². The van der Waals surface area contributed by atoms with Gasteiger partial charge in [-0.05, 0) is 53.5 Å². The van der Waals surface area contributed by atoms with E-state index in [0.717, 1.165) is 31.9 Å². The third-order valence-corrected chi connectivity index (χ3v) is 8.62. The number of benzene rings is 2. The summed E-state index contributed by atoms with van der Waals surface area (Å²) in [6, 6.07) is 11.2. The molecule has 0 aromatic heterocycles. The van der Waals surface area contributed by atoms with Crippen LogP contribution in [0, 0.1) is 11.8 Å². The number of sulfone groups is 1. The highest BCUT2D eigenvalue weighted by molar-refractivity contribution is 7.90. The van der Waals surface area contributed by atoms with Crippen LogP contribution in [0.2, 0.25) is 0 Å². The van der Waals surface area contributed by atoms with Crippen LogP contribution in [0.4, 0.5) is 0 Å². The maximum atomic E-state index is 13.9. The third-order valence-electron chi connectivity index (χ3n) is 7.51. The molecule has 4 rings (SSSR count). The van der Waals surface area contributed by atoms with Gasteiger partial charge in [0.15, 0.2) is 9.84 Å². The van der Waals surface area contributed by atoms with E-state index < -0.39 is 21.9 Å². The van der Waals surface area contributed by atoms with Crippen molar-refractivity contribution in [2.45, 2.75) is 63.1 Å². The Morgan fingerprint density at radius 3 is 2.23 bits per heavy atom. The molecule has 35 heavy (non-hydrogen) atoms. The van der Waals surface area contributed by atoms with E-state index in [9.17, 15) is 22.8 Å². The van der Waals surface area contributed by atoms with Crippen molar-refractivity contribution in [1.29, 1.82) is 0 Å². The number of aldehydes is 1. The van der Waals surface area contributed by atoms with Crippen molar-refractivity contribution < 1.29 is 22.8 Å². The second-order valence-corrected chi connectivity index (χ2v) is 11.7. The fraction of sp³-hybridized carbons (Fsp3) is 0.444. The maximum absolute atomic E-state index is 13.9. The van der Waals surface area contributed by atoms with Crippen molar-refractivity contribution in [3.05, 3.63) is 64.7 Å². The first kappa shape index (κ1) is 25.1. The Morgan fingerprint density at radius 1 is 1.06 bits per heavy atom. The molecule has 1 aliphatic heterocycles. The molecule has 0 spiro atoms. The van der Waals surface area contributed by atoms with Crippen molar-refractivity contribution >= 4 is 27.9 Å². The van der Waals surface area contributed by atoms with Crippen LogP contribution in [-0.2, 0) is 38.8 Å². The largest absolute Gasteiger partial charge is 0.342 e. The average molecular weight is 497 g/mol. The van der Waals surface area contributed by atoms with Gasteiger partial charge in [0.2, 0.25) is 11.8 Å². The molecule has 1 fully saturated rings. The predicted octanol–water partition coefficient (Wildman–Crippen LogP) is 2.95. The molecule has 1 aliphatic carbocycles. The van der Waals surface area contributed by atoms with Gasteiger partial charge in [-0.2, -0.15) is 0 Å². The van der Waals surface area contributed by atoms with Gasteiger partial charge in [-0.1, -0.05) is 57.0 Å². The van der Waals surface area contributed by atoms with E-state index in [1.807, 2.05) is 26.0 Å². The van der Waals surface area contributed by atoms with E-state index in [1.165, 1.54) is 23.3 Å². The summed E-state index contributed by atoms with van der Waals surface area (Å²) in [5.41, 5.74) is 3.14. The van der Waals surface area contributed by atoms with Crippen LogP contribution >= 0.6 is 0 Å². The minimum Gasteiger partial charge on any atom is -0.342 e. The molecule has 1 N–H and O–H groups in total. The number of nitrogens with zero attached hydrogens (tertiary/aromatic N) is 1. The lowest BCUT2D eigenvalue weighted by Gasteiger charge is -2.44. The Morgan fingerprint density at radius 2 is 1.69 bits per heavy atom. The molecule has 2 aliphatic rings. The first-order chi connectivity index (χ1) is 16.7. The van der Waals surface area contributed by atoms with Crippen molar-refractivity contribution in [1.82, 2.24) is 10.2 Å². The van der Waals surface area contributed by atoms with Gasteiger partial charge in [-0.15, -0.1) is 0 Å². The second-order valence-electron chi connectivity index (χ2n) is 9.66. The minimum absolute atomic E-state index is 0.0318. The highest BCUT2D eigenvalue weighted by Gasteiger charge is 2.47. The van der Waals surface area contributed by atoms with Crippen LogP contribution in [-0.4, -0.2) is 49.8 Å². The van der Waals surface area contributed by atoms with E-state index in [-0.39, 0.29) is 40.7 Å². The first-order valence-electron chi connectivity index (χ1n) is 12.1. The topological polar surface area (TPSA) is 101 Å². The Hall–Kier alpha value is -3.00. The predicted molar refractivity (Wildman–Crippen MR) is 133 cm³/mol. The molecule has 8 heteroatoms. The average Bonchev–Trinajstić information content (AvgIpc) is 3.27. The highest BCUT2D eigenvalue weighted by atomic mass is 32.2. The monoisotopic (exact) mass is 496 g/mol. The molecule has 2 aromatic rings. The van der Waals surface area contributed by atoms with Gasteiger partial charge < -0.3 is 10.2 Å². The first-order valence-corrected chi connectivity index (χ1v) is 14.0. The van der Waals surface area contributed by atoms with Gasteiger partial charge in [0.25, 0.3) is 0 Å². The minimum atomic E-state index is -3.49. The Bertz CT molecular complexity index is 1230. The molecular formula is C27H32N2O5S. The number of fused-ring (bicyclic) bond motifs is 1. The number of nitrogens with one attached hydrogen (secondary N) is 1. The number of carbonyl (C=O) groups is 3. The Labute approximate surface area is 206 Å². The number of rotatable bonds is 8. The molecule has 0 radical (unpaired) electrons. The van der Waals surface area contributed by atoms with E-state index in [1.54, 1.807) is 11.0 Å². The zero-order valence-corrected chi connectivity index (χ0v) is 21.2. The fourth-order valence-electron chi connectivity index (χ4n) is 5.53.